The summed E-state index contributed by atoms with van der Waals surface area (Å²) in [5, 5.41) is 0. The van der Waals surface area contributed by atoms with Crippen LogP contribution in [-0.2, 0) is 10.5 Å². The summed E-state index contributed by atoms with van der Waals surface area (Å²) in [7, 11) is 3.05. The number of hydrogen-bond acceptors (Lipinski definition) is 4. The Balaban J connectivity index is 2.08. The molecular weight excluding hydrogens is 272 g/mol. The molecule has 2 rings (SSSR count). The first-order valence-corrected chi connectivity index (χ1v) is 7.16. The number of carbonyl (C=O) groups excluding carboxylic acids is 1. The number of hydrogen-bond donors (Lipinski definition) is 0. The zero-order valence-corrected chi connectivity index (χ0v) is 12.3. The van der Waals surface area contributed by atoms with Gasteiger partial charge in [0.1, 0.15) is 5.75 Å². The number of rotatable bonds is 5. The molecule has 0 aliphatic rings. The Kier molecular flexibility index (Phi) is 5.07. The maximum Gasteiger partial charge on any atom is 0.338 e. The Labute approximate surface area is 122 Å². The molecule has 3 nitrogen and oxygen atoms in total. The lowest BCUT2D eigenvalue weighted by atomic mass is 10.1. The molecule has 104 valence electrons. The SMILES string of the molecule is COC(=O)c1ccccc1CSc1ccc(OC)cc1. The van der Waals surface area contributed by atoms with Crippen LogP contribution in [0, 0.1) is 0 Å². The van der Waals surface area contributed by atoms with E-state index < -0.39 is 0 Å². The molecule has 0 saturated heterocycles. The number of esters is 1. The average Bonchev–Trinajstić information content (AvgIpc) is 2.53. The first-order chi connectivity index (χ1) is 9.74. The summed E-state index contributed by atoms with van der Waals surface area (Å²) in [5.41, 5.74) is 1.59. The van der Waals surface area contributed by atoms with E-state index in [0.717, 1.165) is 22.0 Å². The molecule has 0 bridgehead atoms. The fourth-order valence-corrected chi connectivity index (χ4v) is 2.69. The summed E-state index contributed by atoms with van der Waals surface area (Å²) in [6, 6.07) is 15.4. The maximum absolute atomic E-state index is 11.7. The molecule has 0 unspecified atom stereocenters. The van der Waals surface area contributed by atoms with Gasteiger partial charge in [0.25, 0.3) is 0 Å². The van der Waals surface area contributed by atoms with Crippen LogP contribution in [0.5, 0.6) is 5.75 Å². The summed E-state index contributed by atoms with van der Waals surface area (Å²) in [5.74, 6) is 1.26. The van der Waals surface area contributed by atoms with E-state index in [1.807, 2.05) is 42.5 Å². The van der Waals surface area contributed by atoms with Gasteiger partial charge in [-0.3, -0.25) is 0 Å². The van der Waals surface area contributed by atoms with Crippen molar-refractivity contribution in [3.8, 4) is 5.75 Å². The minimum absolute atomic E-state index is 0.295. The van der Waals surface area contributed by atoms with Crippen LogP contribution in [0.25, 0.3) is 0 Å². The molecule has 0 spiro atoms. The molecule has 20 heavy (non-hydrogen) atoms. The van der Waals surface area contributed by atoms with Gasteiger partial charge in [0.15, 0.2) is 0 Å². The predicted molar refractivity (Wildman–Crippen MR) is 80.3 cm³/mol. The van der Waals surface area contributed by atoms with Gasteiger partial charge in [-0.05, 0) is 35.9 Å². The second kappa shape index (κ2) is 7.01. The topological polar surface area (TPSA) is 35.5 Å². The van der Waals surface area contributed by atoms with Crippen LogP contribution >= 0.6 is 11.8 Å². The Morgan fingerprint density at radius 2 is 1.75 bits per heavy atom. The standard InChI is InChI=1S/C16H16O3S/c1-18-13-7-9-14(10-8-13)20-11-12-5-3-4-6-15(12)16(17)19-2/h3-10H,11H2,1-2H3. The van der Waals surface area contributed by atoms with Gasteiger partial charge in [0.05, 0.1) is 19.8 Å². The predicted octanol–water partition coefficient (Wildman–Crippen LogP) is 3.77. The minimum atomic E-state index is -0.295. The summed E-state index contributed by atoms with van der Waals surface area (Å²) >= 11 is 1.67. The van der Waals surface area contributed by atoms with Gasteiger partial charge in [0.2, 0.25) is 0 Å². The molecule has 0 heterocycles. The molecular formula is C16H16O3S. The highest BCUT2D eigenvalue weighted by Crippen LogP contribution is 2.26. The zero-order valence-electron chi connectivity index (χ0n) is 11.5. The number of benzene rings is 2. The van der Waals surface area contributed by atoms with Crippen LogP contribution in [-0.4, -0.2) is 20.2 Å². The molecule has 2 aromatic carbocycles. The first-order valence-electron chi connectivity index (χ1n) is 6.17. The lowest BCUT2D eigenvalue weighted by Gasteiger charge is -2.08. The molecule has 0 aliphatic carbocycles. The zero-order chi connectivity index (χ0) is 14.4. The van der Waals surface area contributed by atoms with Crippen LogP contribution in [0.15, 0.2) is 53.4 Å². The Morgan fingerprint density at radius 3 is 2.40 bits per heavy atom. The lowest BCUT2D eigenvalue weighted by Crippen LogP contribution is -2.04. The second-order valence-corrected chi connectivity index (χ2v) is 5.16. The second-order valence-electron chi connectivity index (χ2n) is 4.11. The van der Waals surface area contributed by atoms with E-state index in [2.05, 4.69) is 0 Å². The van der Waals surface area contributed by atoms with E-state index in [4.69, 9.17) is 9.47 Å². The van der Waals surface area contributed by atoms with E-state index in [1.54, 1.807) is 24.9 Å². The summed E-state index contributed by atoms with van der Waals surface area (Å²) in [6.07, 6.45) is 0. The van der Waals surface area contributed by atoms with Gasteiger partial charge in [-0.15, -0.1) is 11.8 Å². The maximum atomic E-state index is 11.7. The highest BCUT2D eigenvalue weighted by Gasteiger charge is 2.10. The van der Waals surface area contributed by atoms with E-state index >= 15 is 0 Å². The molecule has 0 fully saturated rings. The number of thioether (sulfide) groups is 1. The summed E-state index contributed by atoms with van der Waals surface area (Å²) in [4.78, 5) is 12.8. The third-order valence-corrected chi connectivity index (χ3v) is 3.94. The molecule has 4 heteroatoms. The molecule has 0 amide bonds. The minimum Gasteiger partial charge on any atom is -0.497 e. The van der Waals surface area contributed by atoms with Crippen molar-refractivity contribution in [3.05, 3.63) is 59.7 Å². The van der Waals surface area contributed by atoms with Gasteiger partial charge < -0.3 is 9.47 Å². The highest BCUT2D eigenvalue weighted by atomic mass is 32.2. The van der Waals surface area contributed by atoms with Gasteiger partial charge in [-0.2, -0.15) is 0 Å². The summed E-state index contributed by atoms with van der Waals surface area (Å²) in [6.45, 7) is 0. The molecule has 0 aliphatic heterocycles. The number of carbonyl (C=O) groups is 1. The van der Waals surface area contributed by atoms with Crippen molar-refractivity contribution in [2.75, 3.05) is 14.2 Å². The summed E-state index contributed by atoms with van der Waals surface area (Å²) < 4.78 is 9.92. The van der Waals surface area contributed by atoms with Gasteiger partial charge >= 0.3 is 5.97 Å². The third kappa shape index (κ3) is 3.54. The van der Waals surface area contributed by atoms with Crippen LogP contribution in [0.1, 0.15) is 15.9 Å². The molecule has 2 aromatic rings. The van der Waals surface area contributed by atoms with Crippen molar-refractivity contribution in [1.82, 2.24) is 0 Å². The van der Waals surface area contributed by atoms with Crippen LogP contribution in [0.3, 0.4) is 0 Å². The number of methoxy groups -OCH3 is 2. The van der Waals surface area contributed by atoms with Crippen LogP contribution in [0.4, 0.5) is 0 Å². The monoisotopic (exact) mass is 288 g/mol. The molecule has 0 saturated carbocycles. The third-order valence-electron chi connectivity index (χ3n) is 2.88. The Bertz CT molecular complexity index is 579. The van der Waals surface area contributed by atoms with Crippen molar-refractivity contribution in [1.29, 1.82) is 0 Å². The van der Waals surface area contributed by atoms with Crippen molar-refractivity contribution < 1.29 is 14.3 Å². The van der Waals surface area contributed by atoms with E-state index in [0.29, 0.717) is 5.56 Å². The fraction of sp³-hybridized carbons (Fsp3) is 0.188. The van der Waals surface area contributed by atoms with Crippen molar-refractivity contribution >= 4 is 17.7 Å². The van der Waals surface area contributed by atoms with Crippen LogP contribution < -0.4 is 4.74 Å². The number of ether oxygens (including phenoxy) is 2. The largest absolute Gasteiger partial charge is 0.497 e. The van der Waals surface area contributed by atoms with Gasteiger partial charge in [-0.25, -0.2) is 4.79 Å². The van der Waals surface area contributed by atoms with E-state index in [9.17, 15) is 4.79 Å². The van der Waals surface area contributed by atoms with Crippen molar-refractivity contribution in [2.24, 2.45) is 0 Å². The van der Waals surface area contributed by atoms with E-state index in [1.165, 1.54) is 7.11 Å². The molecule has 0 aromatic heterocycles. The Hall–Kier alpha value is -1.94. The molecule has 0 N–H and O–H groups in total. The van der Waals surface area contributed by atoms with Crippen molar-refractivity contribution in [3.63, 3.8) is 0 Å². The first kappa shape index (κ1) is 14.5. The fourth-order valence-electron chi connectivity index (χ4n) is 1.79. The Morgan fingerprint density at radius 1 is 1.05 bits per heavy atom. The lowest BCUT2D eigenvalue weighted by molar-refractivity contribution is 0.0600. The van der Waals surface area contributed by atoms with Gasteiger partial charge in [-0.1, -0.05) is 18.2 Å². The smallest absolute Gasteiger partial charge is 0.338 e. The van der Waals surface area contributed by atoms with Crippen molar-refractivity contribution in [2.45, 2.75) is 10.6 Å². The quantitative estimate of drug-likeness (QED) is 0.619. The molecule has 0 radical (unpaired) electrons. The highest BCUT2D eigenvalue weighted by molar-refractivity contribution is 7.98. The average molecular weight is 288 g/mol. The van der Waals surface area contributed by atoms with Crippen LogP contribution in [0.2, 0.25) is 0 Å². The van der Waals surface area contributed by atoms with Gasteiger partial charge in [0, 0.05) is 10.6 Å². The normalized spacial score (nSPS) is 10.1. The molecule has 0 atom stereocenters. The van der Waals surface area contributed by atoms with E-state index in [-0.39, 0.29) is 5.97 Å².